The van der Waals surface area contributed by atoms with Crippen LogP contribution in [-0.2, 0) is 4.74 Å². The van der Waals surface area contributed by atoms with Crippen molar-refractivity contribution in [3.8, 4) is 5.75 Å². The van der Waals surface area contributed by atoms with Gasteiger partial charge in [0, 0.05) is 13.1 Å². The summed E-state index contributed by atoms with van der Waals surface area (Å²) in [4.78, 5) is 15.3. The van der Waals surface area contributed by atoms with Crippen LogP contribution in [0.25, 0.3) is 0 Å². The van der Waals surface area contributed by atoms with Gasteiger partial charge >= 0.3 is 0 Å². The van der Waals surface area contributed by atoms with Crippen LogP contribution in [0.2, 0.25) is 0 Å². The first-order chi connectivity index (χ1) is 9.87. The van der Waals surface area contributed by atoms with E-state index >= 15 is 0 Å². The summed E-state index contributed by atoms with van der Waals surface area (Å²) < 4.78 is 10.8. The summed E-state index contributed by atoms with van der Waals surface area (Å²) >= 11 is 0. The lowest BCUT2D eigenvalue weighted by atomic mass is 9.87. The van der Waals surface area contributed by atoms with Gasteiger partial charge in [-0.15, -0.1) is 0 Å². The maximum Gasteiger partial charge on any atom is 0.186 e. The van der Waals surface area contributed by atoms with E-state index in [2.05, 4.69) is 4.90 Å². The van der Waals surface area contributed by atoms with Crippen molar-refractivity contribution in [2.45, 2.75) is 33.2 Å². The molecule has 2 rings (SSSR count). The molecule has 0 aromatic heterocycles. The van der Waals surface area contributed by atoms with Crippen LogP contribution in [-0.4, -0.2) is 49.6 Å². The molecule has 21 heavy (non-hydrogen) atoms. The van der Waals surface area contributed by atoms with E-state index in [0.29, 0.717) is 24.5 Å². The fourth-order valence-corrected chi connectivity index (χ4v) is 2.95. The maximum absolute atomic E-state index is 13.1. The van der Waals surface area contributed by atoms with Crippen molar-refractivity contribution in [3.63, 3.8) is 0 Å². The smallest absolute Gasteiger partial charge is 0.186 e. The topological polar surface area (TPSA) is 38.8 Å². The van der Waals surface area contributed by atoms with E-state index in [4.69, 9.17) is 9.47 Å². The van der Waals surface area contributed by atoms with Gasteiger partial charge in [0.1, 0.15) is 5.75 Å². The van der Waals surface area contributed by atoms with E-state index in [1.807, 2.05) is 39.8 Å². The highest BCUT2D eigenvalue weighted by atomic mass is 16.5. The zero-order valence-electron chi connectivity index (χ0n) is 13.7. The summed E-state index contributed by atoms with van der Waals surface area (Å²) in [5.41, 5.74) is 2.21. The molecule has 1 aliphatic heterocycles. The second-order valence-corrected chi connectivity index (χ2v) is 6.15. The van der Waals surface area contributed by atoms with Crippen molar-refractivity contribution >= 4 is 5.78 Å². The van der Waals surface area contributed by atoms with Gasteiger partial charge in [-0.05, 0) is 44.9 Å². The third-order valence-electron chi connectivity index (χ3n) is 4.25. The number of morpholine rings is 1. The number of hydrogen-bond donors (Lipinski definition) is 0. The Hall–Kier alpha value is -1.39. The number of carbonyl (C=O) groups is 1. The molecule has 0 bridgehead atoms. The molecule has 1 fully saturated rings. The Labute approximate surface area is 127 Å². The summed E-state index contributed by atoms with van der Waals surface area (Å²) in [6.45, 7) is 10.9. The van der Waals surface area contributed by atoms with Crippen LogP contribution in [0.1, 0.15) is 35.3 Å². The average Bonchev–Trinajstić information content (AvgIpc) is 2.46. The van der Waals surface area contributed by atoms with Crippen LogP contribution in [0, 0.1) is 13.8 Å². The number of ether oxygens (including phenoxy) is 2. The van der Waals surface area contributed by atoms with Crippen molar-refractivity contribution in [1.82, 2.24) is 4.90 Å². The van der Waals surface area contributed by atoms with Gasteiger partial charge in [0.25, 0.3) is 0 Å². The zero-order chi connectivity index (χ0) is 15.6. The third kappa shape index (κ3) is 3.11. The highest BCUT2D eigenvalue weighted by Crippen LogP contribution is 2.30. The number of carbonyl (C=O) groups excluding carboxylic acids is 1. The minimum Gasteiger partial charge on any atom is -0.496 e. The molecule has 0 saturated carbocycles. The van der Waals surface area contributed by atoms with E-state index in [0.717, 1.165) is 24.2 Å². The van der Waals surface area contributed by atoms with Crippen LogP contribution in [0.3, 0.4) is 0 Å². The van der Waals surface area contributed by atoms with Crippen molar-refractivity contribution in [2.24, 2.45) is 0 Å². The molecular weight excluding hydrogens is 266 g/mol. The van der Waals surface area contributed by atoms with Crippen LogP contribution in [0.15, 0.2) is 12.1 Å². The van der Waals surface area contributed by atoms with E-state index in [1.54, 1.807) is 7.11 Å². The Morgan fingerprint density at radius 2 is 1.86 bits per heavy atom. The molecule has 0 radical (unpaired) electrons. The van der Waals surface area contributed by atoms with Crippen LogP contribution in [0.4, 0.5) is 0 Å². The fourth-order valence-electron chi connectivity index (χ4n) is 2.95. The molecule has 0 unspecified atom stereocenters. The molecule has 1 aromatic rings. The monoisotopic (exact) mass is 291 g/mol. The number of benzene rings is 1. The molecule has 116 valence electrons. The third-order valence-corrected chi connectivity index (χ3v) is 4.25. The summed E-state index contributed by atoms with van der Waals surface area (Å²) in [7, 11) is 1.62. The Morgan fingerprint density at radius 3 is 2.43 bits per heavy atom. The molecule has 1 aromatic carbocycles. The molecule has 0 N–H and O–H groups in total. The Bertz CT molecular complexity index is 531. The van der Waals surface area contributed by atoms with Gasteiger partial charge in [-0.3, -0.25) is 9.69 Å². The molecule has 0 amide bonds. The lowest BCUT2D eigenvalue weighted by Crippen LogP contribution is -2.54. The first kappa shape index (κ1) is 16.0. The molecule has 4 nitrogen and oxygen atoms in total. The number of methoxy groups -OCH3 is 1. The number of nitrogens with zero attached hydrogens (tertiary/aromatic N) is 1. The van der Waals surface area contributed by atoms with Crippen LogP contribution in [0.5, 0.6) is 5.75 Å². The number of aryl methyl sites for hydroxylation is 2. The number of Topliss-reactive ketones (excluding diaryl/α,β-unsaturated/α-hetero) is 1. The standard InChI is InChI=1S/C17H25NO3/c1-12-10-13(2)15(14(11-12)20-5)16(19)17(3,4)18-6-8-21-9-7-18/h10-11H,6-9H2,1-5H3. The number of hydrogen-bond acceptors (Lipinski definition) is 4. The predicted octanol–water partition coefficient (Wildman–Crippen LogP) is 2.61. The second-order valence-electron chi connectivity index (χ2n) is 6.15. The van der Waals surface area contributed by atoms with Gasteiger partial charge in [-0.2, -0.15) is 0 Å². The number of ketones is 1. The molecule has 1 heterocycles. The maximum atomic E-state index is 13.1. The van der Waals surface area contributed by atoms with Gasteiger partial charge in [0.05, 0.1) is 31.4 Å². The minimum absolute atomic E-state index is 0.110. The van der Waals surface area contributed by atoms with Crippen LogP contribution >= 0.6 is 0 Å². The van der Waals surface area contributed by atoms with Crippen molar-refractivity contribution in [1.29, 1.82) is 0 Å². The van der Waals surface area contributed by atoms with E-state index in [1.165, 1.54) is 0 Å². The minimum atomic E-state index is -0.558. The summed E-state index contributed by atoms with van der Waals surface area (Å²) in [6, 6.07) is 3.96. The first-order valence-corrected chi connectivity index (χ1v) is 7.40. The van der Waals surface area contributed by atoms with Crippen molar-refractivity contribution in [3.05, 3.63) is 28.8 Å². The number of rotatable bonds is 4. The Balaban J connectivity index is 2.38. The Morgan fingerprint density at radius 1 is 1.24 bits per heavy atom. The SMILES string of the molecule is COc1cc(C)cc(C)c1C(=O)C(C)(C)N1CCOCC1. The molecule has 1 aliphatic rings. The van der Waals surface area contributed by atoms with E-state index in [9.17, 15) is 4.79 Å². The van der Waals surface area contributed by atoms with Crippen molar-refractivity contribution in [2.75, 3.05) is 33.4 Å². The highest BCUT2D eigenvalue weighted by molar-refractivity contribution is 6.06. The second kappa shape index (κ2) is 6.16. The Kier molecular flexibility index (Phi) is 4.69. The summed E-state index contributed by atoms with van der Waals surface area (Å²) in [6.07, 6.45) is 0. The molecule has 0 aliphatic carbocycles. The molecule has 1 saturated heterocycles. The molecule has 0 spiro atoms. The lowest BCUT2D eigenvalue weighted by molar-refractivity contribution is -0.00440. The largest absolute Gasteiger partial charge is 0.496 e. The van der Waals surface area contributed by atoms with E-state index < -0.39 is 5.54 Å². The zero-order valence-corrected chi connectivity index (χ0v) is 13.7. The van der Waals surface area contributed by atoms with E-state index in [-0.39, 0.29) is 5.78 Å². The molecule has 0 atom stereocenters. The van der Waals surface area contributed by atoms with Crippen LogP contribution < -0.4 is 4.74 Å². The fraction of sp³-hybridized carbons (Fsp3) is 0.588. The lowest BCUT2D eigenvalue weighted by Gasteiger charge is -2.40. The van der Waals surface area contributed by atoms with Gasteiger partial charge in [-0.1, -0.05) is 6.07 Å². The predicted molar refractivity (Wildman–Crippen MR) is 83.3 cm³/mol. The van der Waals surface area contributed by atoms with Gasteiger partial charge in [0.15, 0.2) is 5.78 Å². The van der Waals surface area contributed by atoms with Gasteiger partial charge in [-0.25, -0.2) is 0 Å². The van der Waals surface area contributed by atoms with Crippen molar-refractivity contribution < 1.29 is 14.3 Å². The summed E-state index contributed by atoms with van der Waals surface area (Å²) in [5, 5.41) is 0. The highest BCUT2D eigenvalue weighted by Gasteiger charge is 2.37. The molecule has 4 heteroatoms. The molecular formula is C17H25NO3. The summed E-state index contributed by atoms with van der Waals surface area (Å²) in [5.74, 6) is 0.776. The quantitative estimate of drug-likeness (QED) is 0.799. The first-order valence-electron chi connectivity index (χ1n) is 7.40. The van der Waals surface area contributed by atoms with Gasteiger partial charge < -0.3 is 9.47 Å². The van der Waals surface area contributed by atoms with Gasteiger partial charge in [0.2, 0.25) is 0 Å². The average molecular weight is 291 g/mol. The normalized spacial score (nSPS) is 16.8.